The first-order valence-corrected chi connectivity index (χ1v) is 15.4. The summed E-state index contributed by atoms with van der Waals surface area (Å²) in [4.78, 5) is 33.1. The number of hydrogen-bond donors (Lipinski definition) is 2. The standard InChI is InChI=1S/C34H44N2O6/c1-18(2)26(36(7)8)29(38)40-25-16-19-15-21-20-11-9-10-12-22(20)35-27(21)32(19,6)31(5)13-14-33-24(34(25,31)39)17-23(37)28(41-33)30(3,4)42-33/h9-12,17-19,25-26,28,35,39H,13-16H2,1-8H3/t19-,25+,26?,28?,31-,32-,33+,34+/m1/s1. The molecule has 2 unspecified atom stereocenters. The highest BCUT2D eigenvalue weighted by Gasteiger charge is 2.78. The van der Waals surface area contributed by atoms with Gasteiger partial charge in [-0.2, -0.15) is 0 Å². The molecule has 2 saturated carbocycles. The van der Waals surface area contributed by atoms with Crippen LogP contribution < -0.4 is 0 Å². The first kappa shape index (κ1) is 28.3. The van der Waals surface area contributed by atoms with Crippen molar-refractivity contribution in [1.82, 2.24) is 9.88 Å². The molecule has 2 aliphatic heterocycles. The van der Waals surface area contributed by atoms with Crippen molar-refractivity contribution in [3.8, 4) is 0 Å². The molecule has 3 aliphatic carbocycles. The van der Waals surface area contributed by atoms with E-state index in [9.17, 15) is 14.7 Å². The van der Waals surface area contributed by atoms with Crippen molar-refractivity contribution in [2.24, 2.45) is 17.3 Å². The lowest BCUT2D eigenvalue weighted by atomic mass is 9.41. The van der Waals surface area contributed by atoms with Crippen molar-refractivity contribution < 1.29 is 28.9 Å². The molecule has 3 fully saturated rings. The lowest BCUT2D eigenvalue weighted by Gasteiger charge is -2.67. The van der Waals surface area contributed by atoms with E-state index < -0.39 is 46.1 Å². The molecular weight excluding hydrogens is 532 g/mol. The summed E-state index contributed by atoms with van der Waals surface area (Å²) >= 11 is 0. The number of ether oxygens (including phenoxy) is 3. The summed E-state index contributed by atoms with van der Waals surface area (Å²) in [6, 6.07) is 7.88. The molecule has 1 aromatic heterocycles. The Hall–Kier alpha value is -2.52. The number of rotatable bonds is 4. The van der Waals surface area contributed by atoms with Crippen LogP contribution in [0.15, 0.2) is 35.9 Å². The zero-order valence-corrected chi connectivity index (χ0v) is 26.0. The number of nitrogens with one attached hydrogen (secondary N) is 1. The van der Waals surface area contributed by atoms with Gasteiger partial charge in [0.25, 0.3) is 0 Å². The first-order valence-electron chi connectivity index (χ1n) is 15.4. The highest BCUT2D eigenvalue weighted by Crippen LogP contribution is 2.72. The van der Waals surface area contributed by atoms with Gasteiger partial charge < -0.3 is 24.3 Å². The van der Waals surface area contributed by atoms with E-state index in [1.54, 1.807) is 6.08 Å². The summed E-state index contributed by atoms with van der Waals surface area (Å²) in [5.74, 6) is -1.70. The number of ketones is 1. The van der Waals surface area contributed by atoms with Crippen LogP contribution in [0.25, 0.3) is 10.9 Å². The normalized spacial score (nSPS) is 40.4. The van der Waals surface area contributed by atoms with Gasteiger partial charge in [0.2, 0.25) is 0 Å². The minimum absolute atomic E-state index is 0.0104. The van der Waals surface area contributed by atoms with Gasteiger partial charge in [-0.25, -0.2) is 0 Å². The molecule has 8 atom stereocenters. The number of H-pyrrole nitrogens is 1. The highest BCUT2D eigenvalue weighted by atomic mass is 16.8. The zero-order valence-electron chi connectivity index (χ0n) is 26.0. The molecule has 0 radical (unpaired) electrons. The maximum atomic E-state index is 13.9. The smallest absolute Gasteiger partial charge is 0.323 e. The Morgan fingerprint density at radius 1 is 1.14 bits per heavy atom. The van der Waals surface area contributed by atoms with Gasteiger partial charge in [0, 0.05) is 39.4 Å². The number of para-hydroxylation sites is 1. The van der Waals surface area contributed by atoms with E-state index >= 15 is 0 Å². The van der Waals surface area contributed by atoms with E-state index in [0.29, 0.717) is 24.8 Å². The molecule has 42 heavy (non-hydrogen) atoms. The van der Waals surface area contributed by atoms with Crippen LogP contribution in [-0.2, 0) is 35.6 Å². The molecule has 2 N–H and O–H groups in total. The quantitative estimate of drug-likeness (QED) is 0.520. The Balaban J connectivity index is 1.42. The van der Waals surface area contributed by atoms with E-state index in [4.69, 9.17) is 14.2 Å². The van der Waals surface area contributed by atoms with Gasteiger partial charge in [0.1, 0.15) is 23.3 Å². The van der Waals surface area contributed by atoms with Crippen LogP contribution in [0.1, 0.15) is 72.1 Å². The lowest BCUT2D eigenvalue weighted by molar-refractivity contribution is -0.278. The topological polar surface area (TPSA) is 101 Å². The number of carbonyl (C=O) groups excluding carboxylic acids is 2. The number of aliphatic hydroxyl groups is 1. The lowest BCUT2D eigenvalue weighted by Crippen LogP contribution is -2.75. The second-order valence-corrected chi connectivity index (χ2v) is 15.0. The number of hydrogen-bond acceptors (Lipinski definition) is 7. The summed E-state index contributed by atoms with van der Waals surface area (Å²) < 4.78 is 19.5. The maximum absolute atomic E-state index is 13.9. The van der Waals surface area contributed by atoms with Crippen molar-refractivity contribution in [2.75, 3.05) is 14.1 Å². The fraction of sp³-hybridized carbons (Fsp3) is 0.647. The third-order valence-corrected chi connectivity index (χ3v) is 11.9. The van der Waals surface area contributed by atoms with Crippen molar-refractivity contribution in [3.63, 3.8) is 0 Å². The fourth-order valence-corrected chi connectivity index (χ4v) is 9.82. The van der Waals surface area contributed by atoms with Gasteiger partial charge in [0.05, 0.1) is 0 Å². The Bertz CT molecular complexity index is 1530. The number of aromatic amines is 1. The average Bonchev–Trinajstić information content (AvgIpc) is 3.48. The van der Waals surface area contributed by atoms with Crippen LogP contribution in [0.4, 0.5) is 0 Å². The van der Waals surface area contributed by atoms with Gasteiger partial charge >= 0.3 is 5.97 Å². The summed E-state index contributed by atoms with van der Waals surface area (Å²) in [7, 11) is 3.75. The summed E-state index contributed by atoms with van der Waals surface area (Å²) in [6.45, 7) is 12.1. The van der Waals surface area contributed by atoms with Gasteiger partial charge in [-0.3, -0.25) is 14.5 Å². The zero-order chi connectivity index (χ0) is 30.2. The summed E-state index contributed by atoms with van der Waals surface area (Å²) in [6.07, 6.45) is 2.28. The van der Waals surface area contributed by atoms with Gasteiger partial charge in [-0.1, -0.05) is 45.9 Å². The van der Waals surface area contributed by atoms with Gasteiger partial charge in [0.15, 0.2) is 17.7 Å². The molecule has 8 nitrogen and oxygen atoms in total. The van der Waals surface area contributed by atoms with Crippen molar-refractivity contribution >= 4 is 22.7 Å². The Morgan fingerprint density at radius 2 is 1.86 bits per heavy atom. The molecule has 2 bridgehead atoms. The van der Waals surface area contributed by atoms with Crippen molar-refractivity contribution in [2.45, 2.75) is 108 Å². The minimum atomic E-state index is -1.71. The first-order chi connectivity index (χ1) is 19.6. The van der Waals surface area contributed by atoms with Gasteiger partial charge in [-0.15, -0.1) is 0 Å². The van der Waals surface area contributed by atoms with E-state index in [2.05, 4.69) is 37.0 Å². The number of esters is 1. The van der Waals surface area contributed by atoms with Crippen molar-refractivity contribution in [1.29, 1.82) is 0 Å². The third-order valence-electron chi connectivity index (χ3n) is 11.9. The molecule has 1 spiro atoms. The summed E-state index contributed by atoms with van der Waals surface area (Å²) in [5, 5.41) is 14.6. The molecule has 8 heteroatoms. The van der Waals surface area contributed by atoms with Crippen LogP contribution in [0.3, 0.4) is 0 Å². The minimum Gasteiger partial charge on any atom is -0.458 e. The molecule has 0 amide bonds. The van der Waals surface area contributed by atoms with Crippen LogP contribution >= 0.6 is 0 Å². The van der Waals surface area contributed by atoms with Crippen LogP contribution in [0, 0.1) is 17.3 Å². The second kappa shape index (κ2) is 8.56. The van der Waals surface area contributed by atoms with Crippen LogP contribution in [-0.4, -0.2) is 76.1 Å². The van der Waals surface area contributed by atoms with E-state index in [-0.39, 0.29) is 23.6 Å². The molecule has 1 saturated heterocycles. The average molecular weight is 577 g/mol. The molecule has 2 aromatic rings. The van der Waals surface area contributed by atoms with Crippen LogP contribution in [0.5, 0.6) is 0 Å². The molecule has 7 rings (SSSR count). The summed E-state index contributed by atoms with van der Waals surface area (Å²) in [5.41, 5.74) is 0.0359. The number of carbonyl (C=O) groups is 2. The number of aromatic nitrogens is 1. The highest BCUT2D eigenvalue weighted by molar-refractivity contribution is 5.97. The maximum Gasteiger partial charge on any atom is 0.323 e. The Kier molecular flexibility index (Phi) is 5.76. The molecule has 1 aromatic carbocycles. The van der Waals surface area contributed by atoms with E-state index in [0.717, 1.165) is 17.6 Å². The largest absolute Gasteiger partial charge is 0.458 e. The van der Waals surface area contributed by atoms with Crippen molar-refractivity contribution in [3.05, 3.63) is 47.2 Å². The number of nitrogens with zero attached hydrogens (tertiary/aromatic N) is 1. The number of likely N-dealkylation sites (N-methyl/N-ethyl adjacent to an activating group) is 1. The third kappa shape index (κ3) is 3.22. The van der Waals surface area contributed by atoms with Crippen LogP contribution in [0.2, 0.25) is 0 Å². The molecule has 5 aliphatic rings. The Morgan fingerprint density at radius 3 is 2.55 bits per heavy atom. The predicted octanol–water partition coefficient (Wildman–Crippen LogP) is 4.43. The SMILES string of the molecule is CC(C)C(C(=O)O[C@H]1C[C@H]2Cc3c([nH]c4ccccc34)[C@]2(C)[C@@]2(C)CC[C@@]34OC(C(=O)C=C3[C@]12O)C(C)(C)O4)N(C)C. The molecular formula is C34H44N2O6. The van der Waals surface area contributed by atoms with E-state index in [1.165, 1.54) is 10.9 Å². The number of benzene rings is 1. The Labute approximate surface area is 247 Å². The van der Waals surface area contributed by atoms with E-state index in [1.807, 2.05) is 52.8 Å². The predicted molar refractivity (Wildman–Crippen MR) is 158 cm³/mol. The second-order valence-electron chi connectivity index (χ2n) is 15.0. The fourth-order valence-electron chi connectivity index (χ4n) is 9.82. The molecule has 3 heterocycles. The van der Waals surface area contributed by atoms with Gasteiger partial charge in [-0.05, 0) is 76.7 Å². The molecule has 226 valence electrons. The monoisotopic (exact) mass is 576 g/mol. The number of fused-ring (bicyclic) bond motifs is 9.